The maximum absolute atomic E-state index is 15.1. The van der Waals surface area contributed by atoms with Gasteiger partial charge in [-0.1, -0.05) is 56.2 Å². The Hall–Kier alpha value is -2.03. The summed E-state index contributed by atoms with van der Waals surface area (Å²) in [7, 11) is 0. The lowest BCUT2D eigenvalue weighted by atomic mass is 9.79. The van der Waals surface area contributed by atoms with Crippen molar-refractivity contribution in [2.75, 3.05) is 0 Å². The Kier molecular flexibility index (Phi) is 8.80. The molecule has 1 fully saturated rings. The SMILES string of the molecule is C/C=C/CCC1CCC(C(F)=C(F)c2ccc3cc(CCCCC)ccc3c2F)CC1. The Morgan fingerprint density at radius 1 is 1.03 bits per heavy atom. The number of hydrogen-bond donors (Lipinski definition) is 0. The summed E-state index contributed by atoms with van der Waals surface area (Å²) in [5.74, 6) is -2.32. The van der Waals surface area contributed by atoms with Crippen molar-refractivity contribution in [3.63, 3.8) is 0 Å². The summed E-state index contributed by atoms with van der Waals surface area (Å²) in [6.45, 7) is 4.17. The zero-order valence-corrected chi connectivity index (χ0v) is 18.9. The normalized spacial score (nSPS) is 20.4. The first-order chi connectivity index (χ1) is 15.0. The third kappa shape index (κ3) is 6.02. The molecule has 0 spiro atoms. The largest absolute Gasteiger partial charge is 0.208 e. The molecule has 0 aliphatic heterocycles. The molecule has 1 aliphatic carbocycles. The Morgan fingerprint density at radius 2 is 1.81 bits per heavy atom. The quantitative estimate of drug-likeness (QED) is 0.275. The lowest BCUT2D eigenvalue weighted by molar-refractivity contribution is 0.263. The summed E-state index contributed by atoms with van der Waals surface area (Å²) in [5, 5.41) is 1.09. The van der Waals surface area contributed by atoms with Crippen molar-refractivity contribution in [3.8, 4) is 0 Å². The van der Waals surface area contributed by atoms with Crippen LogP contribution in [0.5, 0.6) is 0 Å². The first-order valence-electron chi connectivity index (χ1n) is 11.9. The van der Waals surface area contributed by atoms with Gasteiger partial charge in [-0.2, -0.15) is 0 Å². The number of allylic oxidation sites excluding steroid dienone is 3. The summed E-state index contributed by atoms with van der Waals surface area (Å²) in [6.07, 6.45) is 13.8. The van der Waals surface area contributed by atoms with E-state index >= 15 is 4.39 Å². The standard InChI is InChI=1S/C28H35F3/c1-3-5-7-9-20-11-14-22(15-12-20)26(29)28(31)25-18-16-23-19-21(10-8-6-4-2)13-17-24(23)27(25)30/h3,5,13,16-20,22H,4,6-12,14-15H2,1-2H3/b5-3+,28-26?. The van der Waals surface area contributed by atoms with E-state index in [-0.39, 0.29) is 5.56 Å². The minimum Gasteiger partial charge on any atom is -0.208 e. The molecule has 0 unspecified atom stereocenters. The van der Waals surface area contributed by atoms with E-state index in [1.165, 1.54) is 12.5 Å². The highest BCUT2D eigenvalue weighted by molar-refractivity contribution is 5.87. The van der Waals surface area contributed by atoms with Crippen LogP contribution in [0.2, 0.25) is 0 Å². The monoisotopic (exact) mass is 428 g/mol. The van der Waals surface area contributed by atoms with Crippen molar-refractivity contribution in [2.24, 2.45) is 11.8 Å². The van der Waals surface area contributed by atoms with Crippen LogP contribution in [0.3, 0.4) is 0 Å². The van der Waals surface area contributed by atoms with Gasteiger partial charge in [-0.3, -0.25) is 0 Å². The van der Waals surface area contributed by atoms with E-state index in [1.54, 1.807) is 12.1 Å². The van der Waals surface area contributed by atoms with Crippen LogP contribution in [0.4, 0.5) is 13.2 Å². The molecule has 2 aromatic carbocycles. The van der Waals surface area contributed by atoms with Gasteiger partial charge in [0.25, 0.3) is 0 Å². The lowest BCUT2D eigenvalue weighted by Gasteiger charge is -2.27. The molecule has 1 saturated carbocycles. The number of fused-ring (bicyclic) bond motifs is 1. The van der Waals surface area contributed by atoms with Crippen molar-refractivity contribution < 1.29 is 13.2 Å². The van der Waals surface area contributed by atoms with Crippen LogP contribution in [-0.4, -0.2) is 0 Å². The number of benzene rings is 2. The van der Waals surface area contributed by atoms with Gasteiger partial charge in [0.05, 0.1) is 0 Å². The maximum Gasteiger partial charge on any atom is 0.165 e. The molecular formula is C28H35F3. The topological polar surface area (TPSA) is 0 Å². The van der Waals surface area contributed by atoms with Gasteiger partial charge >= 0.3 is 0 Å². The van der Waals surface area contributed by atoms with Crippen molar-refractivity contribution in [1.29, 1.82) is 0 Å². The average Bonchev–Trinajstić information content (AvgIpc) is 2.79. The third-order valence-corrected chi connectivity index (χ3v) is 6.72. The molecule has 0 atom stereocenters. The minimum absolute atomic E-state index is 0.251. The van der Waals surface area contributed by atoms with Gasteiger partial charge < -0.3 is 0 Å². The second-order valence-electron chi connectivity index (χ2n) is 8.97. The number of rotatable bonds is 9. The zero-order valence-electron chi connectivity index (χ0n) is 18.9. The van der Waals surface area contributed by atoms with E-state index in [0.29, 0.717) is 24.1 Å². The van der Waals surface area contributed by atoms with Gasteiger partial charge in [0.1, 0.15) is 11.6 Å². The molecule has 0 N–H and O–H groups in total. The van der Waals surface area contributed by atoms with Crippen molar-refractivity contribution in [2.45, 2.75) is 78.1 Å². The van der Waals surface area contributed by atoms with E-state index in [0.717, 1.165) is 55.9 Å². The Morgan fingerprint density at radius 3 is 2.52 bits per heavy atom. The zero-order chi connectivity index (χ0) is 22.2. The predicted octanol–water partition coefficient (Wildman–Crippen LogP) is 9.48. The summed E-state index contributed by atoms with van der Waals surface area (Å²) in [5.41, 5.74) is 0.903. The van der Waals surface area contributed by atoms with Crippen LogP contribution < -0.4 is 0 Å². The molecule has 0 aromatic heterocycles. The van der Waals surface area contributed by atoms with Gasteiger partial charge in [0.2, 0.25) is 0 Å². The minimum atomic E-state index is -1.02. The van der Waals surface area contributed by atoms with E-state index in [4.69, 9.17) is 0 Å². The van der Waals surface area contributed by atoms with Crippen LogP contribution in [0.15, 0.2) is 48.3 Å². The Labute approximate surface area is 185 Å². The fraction of sp³-hybridized carbons (Fsp3) is 0.500. The first-order valence-corrected chi connectivity index (χ1v) is 11.9. The highest BCUT2D eigenvalue weighted by Gasteiger charge is 2.27. The molecule has 0 radical (unpaired) electrons. The van der Waals surface area contributed by atoms with E-state index in [1.807, 2.05) is 19.1 Å². The molecule has 3 heteroatoms. The van der Waals surface area contributed by atoms with Gasteiger partial charge in [-0.25, -0.2) is 13.2 Å². The van der Waals surface area contributed by atoms with Crippen LogP contribution in [-0.2, 0) is 6.42 Å². The molecule has 0 nitrogen and oxygen atoms in total. The summed E-state index contributed by atoms with van der Waals surface area (Å²) in [6, 6.07) is 8.67. The van der Waals surface area contributed by atoms with Gasteiger partial charge in [0.15, 0.2) is 5.83 Å². The number of unbranched alkanes of at least 4 members (excludes halogenated alkanes) is 2. The fourth-order valence-corrected chi connectivity index (χ4v) is 4.76. The highest BCUT2D eigenvalue weighted by atomic mass is 19.2. The van der Waals surface area contributed by atoms with Gasteiger partial charge in [-0.15, -0.1) is 0 Å². The lowest BCUT2D eigenvalue weighted by Crippen LogP contribution is -2.15. The van der Waals surface area contributed by atoms with Crippen LogP contribution in [0, 0.1) is 17.7 Å². The molecule has 168 valence electrons. The van der Waals surface area contributed by atoms with Crippen LogP contribution in [0.25, 0.3) is 16.6 Å². The summed E-state index contributed by atoms with van der Waals surface area (Å²) < 4.78 is 45.0. The van der Waals surface area contributed by atoms with E-state index in [9.17, 15) is 8.78 Å². The van der Waals surface area contributed by atoms with Gasteiger partial charge in [-0.05, 0) is 81.2 Å². The number of hydrogen-bond acceptors (Lipinski definition) is 0. The maximum atomic E-state index is 15.1. The molecule has 0 saturated heterocycles. The first kappa shape index (κ1) is 23.6. The molecule has 31 heavy (non-hydrogen) atoms. The molecule has 3 rings (SSSR count). The summed E-state index contributed by atoms with van der Waals surface area (Å²) >= 11 is 0. The Balaban J connectivity index is 1.73. The van der Waals surface area contributed by atoms with E-state index in [2.05, 4.69) is 19.1 Å². The predicted molar refractivity (Wildman–Crippen MR) is 126 cm³/mol. The molecule has 0 heterocycles. The molecule has 0 amide bonds. The van der Waals surface area contributed by atoms with Crippen LogP contribution >= 0.6 is 0 Å². The second kappa shape index (κ2) is 11.5. The molecule has 1 aliphatic rings. The number of halogens is 3. The Bertz CT molecular complexity index is 917. The molecule has 2 aromatic rings. The summed E-state index contributed by atoms with van der Waals surface area (Å²) in [4.78, 5) is 0. The smallest absolute Gasteiger partial charge is 0.165 e. The fourth-order valence-electron chi connectivity index (χ4n) is 4.76. The van der Waals surface area contributed by atoms with Gasteiger partial charge in [0, 0.05) is 16.9 Å². The molecule has 0 bridgehead atoms. The van der Waals surface area contributed by atoms with E-state index < -0.39 is 23.4 Å². The average molecular weight is 429 g/mol. The van der Waals surface area contributed by atoms with Crippen LogP contribution in [0.1, 0.15) is 82.8 Å². The van der Waals surface area contributed by atoms with Crippen molar-refractivity contribution in [1.82, 2.24) is 0 Å². The molecular weight excluding hydrogens is 393 g/mol. The third-order valence-electron chi connectivity index (χ3n) is 6.72. The number of aryl methyl sites for hydroxylation is 1. The van der Waals surface area contributed by atoms with Crippen molar-refractivity contribution in [3.05, 3.63) is 65.3 Å². The second-order valence-corrected chi connectivity index (χ2v) is 8.97. The highest BCUT2D eigenvalue weighted by Crippen LogP contribution is 2.40. The van der Waals surface area contributed by atoms with Crippen molar-refractivity contribution >= 4 is 16.6 Å².